The van der Waals surface area contributed by atoms with Gasteiger partial charge in [-0.05, 0) is 74.5 Å². The quantitative estimate of drug-likeness (QED) is 0.717. The molecule has 1 saturated carbocycles. The number of thiophene rings is 1. The first-order valence-electron chi connectivity index (χ1n) is 8.61. The molecule has 0 spiro atoms. The molecule has 2 aliphatic rings. The lowest BCUT2D eigenvalue weighted by molar-refractivity contribution is 0.289. The molecule has 0 amide bonds. The van der Waals surface area contributed by atoms with Crippen molar-refractivity contribution in [3.05, 3.63) is 27.8 Å². The van der Waals surface area contributed by atoms with Crippen LogP contribution in [-0.2, 0) is 19.3 Å². The molecule has 0 radical (unpaired) electrons. The van der Waals surface area contributed by atoms with E-state index >= 15 is 0 Å². The largest absolute Gasteiger partial charge is 0.242 e. The third kappa shape index (κ3) is 2.52. The number of aryl methyl sites for hydroxylation is 3. The van der Waals surface area contributed by atoms with Gasteiger partial charge >= 0.3 is 0 Å². The minimum absolute atomic E-state index is 0.906. The summed E-state index contributed by atoms with van der Waals surface area (Å²) in [6.45, 7) is 4.58. The molecule has 2 heteroatoms. The summed E-state index contributed by atoms with van der Waals surface area (Å²) in [7, 11) is 0. The van der Waals surface area contributed by atoms with Gasteiger partial charge < -0.3 is 0 Å². The van der Waals surface area contributed by atoms with Crippen molar-refractivity contribution in [3.8, 4) is 0 Å². The zero-order chi connectivity index (χ0) is 14.4. The van der Waals surface area contributed by atoms with E-state index in [1.54, 1.807) is 21.4 Å². The van der Waals surface area contributed by atoms with Gasteiger partial charge in [-0.1, -0.05) is 19.8 Å². The summed E-state index contributed by atoms with van der Waals surface area (Å²) in [6, 6.07) is 2.38. The van der Waals surface area contributed by atoms with E-state index in [-0.39, 0.29) is 0 Å². The molecule has 2 aliphatic carbocycles. The van der Waals surface area contributed by atoms with Gasteiger partial charge in [0.1, 0.15) is 4.83 Å². The Balaban J connectivity index is 1.70. The van der Waals surface area contributed by atoms with E-state index in [2.05, 4.69) is 19.9 Å². The fourth-order valence-electron chi connectivity index (χ4n) is 4.32. The predicted octanol–water partition coefficient (Wildman–Crippen LogP) is 5.46. The number of hydrogen-bond acceptors (Lipinski definition) is 2. The second-order valence-electron chi connectivity index (χ2n) is 7.29. The molecule has 112 valence electrons. The van der Waals surface area contributed by atoms with Gasteiger partial charge in [0.05, 0.1) is 0 Å². The molecule has 2 aromatic rings. The highest BCUT2D eigenvalue weighted by molar-refractivity contribution is 7.18. The highest BCUT2D eigenvalue weighted by Crippen LogP contribution is 2.40. The van der Waals surface area contributed by atoms with Crippen molar-refractivity contribution >= 4 is 21.6 Å². The van der Waals surface area contributed by atoms with Crippen molar-refractivity contribution in [3.63, 3.8) is 0 Å². The first kappa shape index (κ1) is 13.8. The lowest BCUT2D eigenvalue weighted by Crippen LogP contribution is -2.14. The van der Waals surface area contributed by atoms with Crippen LogP contribution < -0.4 is 0 Å². The fourth-order valence-corrected chi connectivity index (χ4v) is 5.67. The predicted molar refractivity (Wildman–Crippen MR) is 91.2 cm³/mol. The van der Waals surface area contributed by atoms with Gasteiger partial charge in [0.15, 0.2) is 0 Å². The van der Waals surface area contributed by atoms with Crippen LogP contribution in [0.3, 0.4) is 0 Å². The Bertz CT molecular complexity index is 662. The number of pyridine rings is 1. The molecule has 0 atom stereocenters. The molecule has 0 bridgehead atoms. The Hall–Kier alpha value is -0.890. The van der Waals surface area contributed by atoms with Crippen LogP contribution in [-0.4, -0.2) is 4.98 Å². The molecule has 4 rings (SSSR count). The Morgan fingerprint density at radius 2 is 2.00 bits per heavy atom. The van der Waals surface area contributed by atoms with Crippen molar-refractivity contribution in [2.75, 3.05) is 0 Å². The molecule has 1 nitrogen and oxygen atoms in total. The van der Waals surface area contributed by atoms with E-state index in [1.807, 2.05) is 11.3 Å². The Morgan fingerprint density at radius 3 is 2.81 bits per heavy atom. The van der Waals surface area contributed by atoms with E-state index in [0.717, 1.165) is 11.8 Å². The third-order valence-corrected chi connectivity index (χ3v) is 6.71. The van der Waals surface area contributed by atoms with Gasteiger partial charge in [0.25, 0.3) is 0 Å². The summed E-state index contributed by atoms with van der Waals surface area (Å²) in [6.07, 6.45) is 10.9. The lowest BCUT2D eigenvalue weighted by atomic mass is 9.79. The number of fused-ring (bicyclic) bond motifs is 3. The summed E-state index contributed by atoms with van der Waals surface area (Å²) in [5.74, 6) is 1.86. The second-order valence-corrected chi connectivity index (χ2v) is 8.37. The first-order chi connectivity index (χ1) is 10.2. The Labute approximate surface area is 131 Å². The minimum Gasteiger partial charge on any atom is -0.242 e. The number of hydrogen-bond donors (Lipinski definition) is 0. The van der Waals surface area contributed by atoms with Gasteiger partial charge in [-0.3, -0.25) is 0 Å². The average Bonchev–Trinajstić information content (AvgIpc) is 3.01. The van der Waals surface area contributed by atoms with Crippen LogP contribution in [0.1, 0.15) is 60.7 Å². The number of rotatable bonds is 2. The van der Waals surface area contributed by atoms with Gasteiger partial charge in [-0.15, -0.1) is 11.3 Å². The molecular formula is C19H25NS. The zero-order valence-electron chi connectivity index (χ0n) is 13.2. The van der Waals surface area contributed by atoms with E-state index in [9.17, 15) is 0 Å². The Kier molecular flexibility index (Phi) is 3.53. The zero-order valence-corrected chi connectivity index (χ0v) is 14.1. The van der Waals surface area contributed by atoms with Crippen LogP contribution in [0.25, 0.3) is 10.2 Å². The second kappa shape index (κ2) is 5.39. The Morgan fingerprint density at radius 1 is 1.19 bits per heavy atom. The van der Waals surface area contributed by atoms with Gasteiger partial charge in [-0.2, -0.15) is 0 Å². The molecular weight excluding hydrogens is 274 g/mol. The molecule has 0 saturated heterocycles. The summed E-state index contributed by atoms with van der Waals surface area (Å²) in [5.41, 5.74) is 4.47. The third-order valence-electron chi connectivity index (χ3n) is 5.53. The van der Waals surface area contributed by atoms with Crippen molar-refractivity contribution in [2.45, 2.75) is 65.2 Å². The molecule has 0 aromatic carbocycles. The van der Waals surface area contributed by atoms with Crippen LogP contribution >= 0.6 is 11.3 Å². The maximum absolute atomic E-state index is 4.82. The highest BCUT2D eigenvalue weighted by atomic mass is 32.1. The van der Waals surface area contributed by atoms with Crippen molar-refractivity contribution in [1.29, 1.82) is 0 Å². The topological polar surface area (TPSA) is 12.9 Å². The van der Waals surface area contributed by atoms with E-state index < -0.39 is 0 Å². The SMILES string of the molecule is Cc1cc(CC2CCC(C)CC2)c2c3c(sc2n1)CCC3. The van der Waals surface area contributed by atoms with Crippen molar-refractivity contribution < 1.29 is 0 Å². The summed E-state index contributed by atoms with van der Waals surface area (Å²) in [5, 5.41) is 1.55. The number of aromatic nitrogens is 1. The summed E-state index contributed by atoms with van der Waals surface area (Å²) in [4.78, 5) is 7.77. The van der Waals surface area contributed by atoms with E-state index in [4.69, 9.17) is 4.98 Å². The monoisotopic (exact) mass is 299 g/mol. The molecule has 21 heavy (non-hydrogen) atoms. The van der Waals surface area contributed by atoms with E-state index in [1.165, 1.54) is 61.9 Å². The molecule has 0 N–H and O–H groups in total. The van der Waals surface area contributed by atoms with Crippen LogP contribution in [0.15, 0.2) is 6.07 Å². The minimum atomic E-state index is 0.906. The van der Waals surface area contributed by atoms with Crippen LogP contribution in [0.4, 0.5) is 0 Å². The van der Waals surface area contributed by atoms with Crippen LogP contribution in [0.2, 0.25) is 0 Å². The van der Waals surface area contributed by atoms with Gasteiger partial charge in [0.2, 0.25) is 0 Å². The van der Waals surface area contributed by atoms with Crippen LogP contribution in [0.5, 0.6) is 0 Å². The molecule has 0 unspecified atom stereocenters. The molecule has 2 heterocycles. The lowest BCUT2D eigenvalue weighted by Gasteiger charge is -2.26. The standard InChI is InChI=1S/C19H25NS/c1-12-6-8-14(9-7-12)11-15-10-13(2)20-19-18(15)16-4-3-5-17(16)21-19/h10,12,14H,3-9,11H2,1-2H3. The summed E-state index contributed by atoms with van der Waals surface area (Å²) < 4.78 is 0. The molecule has 2 aromatic heterocycles. The van der Waals surface area contributed by atoms with Crippen LogP contribution in [0, 0.1) is 18.8 Å². The highest BCUT2D eigenvalue weighted by Gasteiger charge is 2.24. The van der Waals surface area contributed by atoms with E-state index in [0.29, 0.717) is 0 Å². The summed E-state index contributed by atoms with van der Waals surface area (Å²) >= 11 is 1.97. The maximum atomic E-state index is 4.82. The van der Waals surface area contributed by atoms with Crippen molar-refractivity contribution in [1.82, 2.24) is 4.98 Å². The molecule has 1 fully saturated rings. The number of nitrogens with zero attached hydrogens (tertiary/aromatic N) is 1. The normalized spacial score (nSPS) is 25.4. The molecule has 0 aliphatic heterocycles. The fraction of sp³-hybridized carbons (Fsp3) is 0.632. The smallest absolute Gasteiger partial charge is 0.124 e. The van der Waals surface area contributed by atoms with Crippen molar-refractivity contribution in [2.24, 2.45) is 11.8 Å². The van der Waals surface area contributed by atoms with Gasteiger partial charge in [0, 0.05) is 16.0 Å². The average molecular weight is 299 g/mol. The first-order valence-corrected chi connectivity index (χ1v) is 9.43. The van der Waals surface area contributed by atoms with Gasteiger partial charge in [-0.25, -0.2) is 4.98 Å². The maximum Gasteiger partial charge on any atom is 0.124 e.